The van der Waals surface area contributed by atoms with Gasteiger partial charge in [0.05, 0.1) is 12.4 Å². The third kappa shape index (κ3) is 2.84. The van der Waals surface area contributed by atoms with Crippen molar-refractivity contribution >= 4 is 15.9 Å². The Morgan fingerprint density at radius 2 is 2.00 bits per heavy atom. The maximum Gasteiger partial charge on any atom is 0.262 e. The topological polar surface area (TPSA) is 108 Å². The predicted molar refractivity (Wildman–Crippen MR) is 74.9 cm³/mol. The van der Waals surface area contributed by atoms with Gasteiger partial charge in [-0.3, -0.25) is 10.3 Å². The van der Waals surface area contributed by atoms with E-state index in [1.54, 1.807) is 11.6 Å². The van der Waals surface area contributed by atoms with Gasteiger partial charge in [-0.05, 0) is 6.92 Å². The van der Waals surface area contributed by atoms with E-state index in [1.807, 2.05) is 11.8 Å². The molecular formula is C11H20N6O2S. The van der Waals surface area contributed by atoms with Crippen molar-refractivity contribution in [2.75, 3.05) is 26.2 Å². The average Bonchev–Trinajstić information content (AvgIpc) is 2.85. The lowest BCUT2D eigenvalue weighted by Gasteiger charge is -2.36. The molecule has 3 N–H and O–H groups in total. The highest BCUT2D eigenvalue weighted by Gasteiger charge is 2.31. The highest BCUT2D eigenvalue weighted by atomic mass is 32.2. The molecule has 1 aromatic rings. The molecule has 0 saturated carbocycles. The van der Waals surface area contributed by atoms with Crippen LogP contribution < -0.4 is 5.73 Å². The molecule has 1 aliphatic rings. The van der Waals surface area contributed by atoms with E-state index in [0.29, 0.717) is 26.2 Å². The van der Waals surface area contributed by atoms with Crippen LogP contribution in [0.3, 0.4) is 0 Å². The van der Waals surface area contributed by atoms with Crippen molar-refractivity contribution in [1.29, 1.82) is 5.41 Å². The summed E-state index contributed by atoms with van der Waals surface area (Å²) >= 11 is 0. The minimum atomic E-state index is -3.52. The summed E-state index contributed by atoms with van der Waals surface area (Å²) < 4.78 is 27.8. The summed E-state index contributed by atoms with van der Waals surface area (Å²) in [6, 6.07) is -0.158. The highest BCUT2D eigenvalue weighted by Crippen LogP contribution is 2.16. The summed E-state index contributed by atoms with van der Waals surface area (Å²) in [6.07, 6.45) is 2.97. The molecule has 1 fully saturated rings. The van der Waals surface area contributed by atoms with Crippen LogP contribution in [-0.2, 0) is 17.1 Å². The maximum atomic E-state index is 12.4. The summed E-state index contributed by atoms with van der Waals surface area (Å²) in [4.78, 5) is 5.92. The summed E-state index contributed by atoms with van der Waals surface area (Å²) in [5.41, 5.74) is 5.48. The van der Waals surface area contributed by atoms with Crippen LogP contribution in [0.25, 0.3) is 0 Å². The highest BCUT2D eigenvalue weighted by molar-refractivity contribution is 7.89. The number of imidazole rings is 1. The zero-order valence-electron chi connectivity index (χ0n) is 11.7. The summed E-state index contributed by atoms with van der Waals surface area (Å²) in [7, 11) is -1.79. The Morgan fingerprint density at radius 1 is 1.40 bits per heavy atom. The Labute approximate surface area is 118 Å². The molecule has 0 aliphatic carbocycles. The number of nitrogens with one attached hydrogen (secondary N) is 1. The molecule has 2 heterocycles. The normalized spacial score (nSPS) is 19.9. The van der Waals surface area contributed by atoms with Crippen molar-refractivity contribution in [3.05, 3.63) is 12.5 Å². The fraction of sp³-hybridized carbons (Fsp3) is 0.636. The summed E-state index contributed by atoms with van der Waals surface area (Å²) in [5.74, 6) is 0.103. The van der Waals surface area contributed by atoms with Gasteiger partial charge in [-0.25, -0.2) is 13.4 Å². The second-order valence-electron chi connectivity index (χ2n) is 4.95. The van der Waals surface area contributed by atoms with Gasteiger partial charge in [-0.2, -0.15) is 4.31 Å². The number of amidine groups is 1. The molecule has 1 unspecified atom stereocenters. The molecule has 8 nitrogen and oxygen atoms in total. The number of rotatable bonds is 4. The molecule has 1 saturated heterocycles. The van der Waals surface area contributed by atoms with Crippen molar-refractivity contribution < 1.29 is 8.42 Å². The van der Waals surface area contributed by atoms with Gasteiger partial charge in [-0.1, -0.05) is 0 Å². The first-order valence-electron chi connectivity index (χ1n) is 6.38. The number of aromatic nitrogens is 2. The minimum absolute atomic E-state index is 0.0769. The molecule has 0 spiro atoms. The summed E-state index contributed by atoms with van der Waals surface area (Å²) in [6.45, 7) is 3.75. The molecule has 0 radical (unpaired) electrons. The van der Waals surface area contributed by atoms with E-state index < -0.39 is 10.0 Å². The summed E-state index contributed by atoms with van der Waals surface area (Å²) in [5, 5.41) is 7.52. The van der Waals surface area contributed by atoms with E-state index in [1.165, 1.54) is 16.8 Å². The van der Waals surface area contributed by atoms with E-state index in [0.717, 1.165) is 0 Å². The van der Waals surface area contributed by atoms with Gasteiger partial charge in [0.15, 0.2) is 5.03 Å². The molecule has 1 aromatic heterocycles. The Hall–Kier alpha value is -1.45. The van der Waals surface area contributed by atoms with Gasteiger partial charge in [0.2, 0.25) is 0 Å². The predicted octanol–water partition coefficient (Wildman–Crippen LogP) is -0.949. The maximum absolute atomic E-state index is 12.4. The average molecular weight is 300 g/mol. The van der Waals surface area contributed by atoms with Crippen LogP contribution in [0, 0.1) is 5.41 Å². The second-order valence-corrected chi connectivity index (χ2v) is 6.83. The molecule has 112 valence electrons. The minimum Gasteiger partial charge on any atom is -0.386 e. The third-order valence-electron chi connectivity index (χ3n) is 3.56. The number of nitrogens with two attached hydrogens (primary N) is 1. The van der Waals surface area contributed by atoms with Gasteiger partial charge in [0.1, 0.15) is 5.84 Å². The quantitative estimate of drug-likeness (QED) is 0.550. The monoisotopic (exact) mass is 300 g/mol. The molecule has 20 heavy (non-hydrogen) atoms. The van der Waals surface area contributed by atoms with Crippen molar-refractivity contribution in [2.24, 2.45) is 12.8 Å². The number of aryl methyl sites for hydroxylation is 1. The number of sulfonamides is 1. The Kier molecular flexibility index (Phi) is 4.11. The van der Waals surface area contributed by atoms with E-state index in [-0.39, 0.29) is 16.9 Å². The Morgan fingerprint density at radius 3 is 2.45 bits per heavy atom. The lowest BCUT2D eigenvalue weighted by molar-refractivity contribution is 0.173. The van der Waals surface area contributed by atoms with E-state index in [9.17, 15) is 8.42 Å². The van der Waals surface area contributed by atoms with Crippen LogP contribution in [0.4, 0.5) is 0 Å². The molecular weight excluding hydrogens is 280 g/mol. The molecule has 1 aliphatic heterocycles. The van der Waals surface area contributed by atoms with Gasteiger partial charge >= 0.3 is 0 Å². The smallest absolute Gasteiger partial charge is 0.262 e. The van der Waals surface area contributed by atoms with Gasteiger partial charge < -0.3 is 10.3 Å². The zero-order chi connectivity index (χ0) is 14.9. The molecule has 0 bridgehead atoms. The molecule has 1 atom stereocenters. The van der Waals surface area contributed by atoms with Crippen LogP contribution in [0.1, 0.15) is 6.92 Å². The van der Waals surface area contributed by atoms with Crippen LogP contribution in [0.2, 0.25) is 0 Å². The van der Waals surface area contributed by atoms with E-state index >= 15 is 0 Å². The van der Waals surface area contributed by atoms with Gasteiger partial charge in [0.25, 0.3) is 10.0 Å². The number of piperazine rings is 1. The van der Waals surface area contributed by atoms with Crippen LogP contribution in [0.5, 0.6) is 0 Å². The number of nitrogens with zero attached hydrogens (tertiary/aromatic N) is 4. The number of hydrogen-bond acceptors (Lipinski definition) is 5. The fourth-order valence-corrected chi connectivity index (χ4v) is 3.57. The van der Waals surface area contributed by atoms with E-state index in [4.69, 9.17) is 11.1 Å². The Bertz CT molecular complexity index is 588. The van der Waals surface area contributed by atoms with Gasteiger partial charge in [0, 0.05) is 39.4 Å². The first-order valence-corrected chi connectivity index (χ1v) is 7.82. The SMILES string of the molecule is CC(C(=N)N)N1CCN(S(=O)(=O)c2cn(C)cn2)CC1. The lowest BCUT2D eigenvalue weighted by atomic mass is 10.2. The first-order chi connectivity index (χ1) is 9.32. The van der Waals surface area contributed by atoms with Crippen LogP contribution in [0.15, 0.2) is 17.6 Å². The van der Waals surface area contributed by atoms with Crippen molar-refractivity contribution in [1.82, 2.24) is 18.8 Å². The molecule has 2 rings (SSSR count). The third-order valence-corrected chi connectivity index (χ3v) is 5.34. The van der Waals surface area contributed by atoms with Gasteiger partial charge in [-0.15, -0.1) is 0 Å². The van der Waals surface area contributed by atoms with Crippen molar-refractivity contribution in [3.8, 4) is 0 Å². The standard InChI is InChI=1S/C11H20N6O2S/c1-9(11(12)13)16-3-5-17(6-4-16)20(18,19)10-7-15(2)8-14-10/h7-9H,3-6H2,1-2H3,(H3,12,13). The van der Waals surface area contributed by atoms with Crippen molar-refractivity contribution in [2.45, 2.75) is 18.0 Å². The van der Waals surface area contributed by atoms with Crippen LogP contribution in [-0.4, -0.2) is 65.2 Å². The van der Waals surface area contributed by atoms with E-state index in [2.05, 4.69) is 4.98 Å². The van der Waals surface area contributed by atoms with Crippen LogP contribution >= 0.6 is 0 Å². The first kappa shape index (κ1) is 14.9. The number of hydrogen-bond donors (Lipinski definition) is 2. The lowest BCUT2D eigenvalue weighted by Crippen LogP contribution is -2.54. The largest absolute Gasteiger partial charge is 0.386 e. The van der Waals surface area contributed by atoms with Crippen molar-refractivity contribution in [3.63, 3.8) is 0 Å². The zero-order valence-corrected chi connectivity index (χ0v) is 12.5. The molecule has 0 aromatic carbocycles. The molecule has 0 amide bonds. The Balaban J connectivity index is 2.05. The fourth-order valence-electron chi connectivity index (χ4n) is 2.18. The molecule has 9 heteroatoms. The second kappa shape index (κ2) is 5.51.